The first-order valence-corrected chi connectivity index (χ1v) is 15.4. The van der Waals surface area contributed by atoms with Gasteiger partial charge >= 0.3 is 5.92 Å². The van der Waals surface area contributed by atoms with E-state index in [2.05, 4.69) is 42.1 Å². The van der Waals surface area contributed by atoms with Gasteiger partial charge in [0.2, 0.25) is 11.6 Å². The fraction of sp³-hybridized carbons (Fsp3) is 0.455. The second kappa shape index (κ2) is 13.2. The number of ether oxygens (including phenoxy) is 2. The zero-order chi connectivity index (χ0) is 32.4. The van der Waals surface area contributed by atoms with Crippen molar-refractivity contribution in [3.05, 3.63) is 65.6 Å². The Labute approximate surface area is 266 Å². The molecule has 6 rings (SSSR count). The van der Waals surface area contributed by atoms with E-state index in [0.717, 1.165) is 55.5 Å². The lowest BCUT2D eigenvalue weighted by atomic mass is 10.0. The number of alkyl halides is 2. The fourth-order valence-electron chi connectivity index (χ4n) is 6.00. The van der Waals surface area contributed by atoms with Gasteiger partial charge in [0, 0.05) is 56.7 Å². The average molecular weight is 634 g/mol. The van der Waals surface area contributed by atoms with Gasteiger partial charge in [-0.15, -0.1) is 0 Å². The number of piperazine rings is 1. The predicted molar refractivity (Wildman–Crippen MR) is 169 cm³/mol. The van der Waals surface area contributed by atoms with Crippen LogP contribution in [0.2, 0.25) is 0 Å². The molecule has 13 heteroatoms. The van der Waals surface area contributed by atoms with Gasteiger partial charge < -0.3 is 29.7 Å². The third-order valence-corrected chi connectivity index (χ3v) is 8.78. The van der Waals surface area contributed by atoms with Crippen LogP contribution in [-0.4, -0.2) is 107 Å². The Morgan fingerprint density at radius 3 is 2.59 bits per heavy atom. The van der Waals surface area contributed by atoms with Crippen LogP contribution in [0.25, 0.3) is 16.1 Å². The molecule has 11 nitrogen and oxygen atoms in total. The fourth-order valence-corrected chi connectivity index (χ4v) is 6.00. The molecular weight excluding hydrogens is 596 g/mol. The minimum absolute atomic E-state index is 0.0158. The summed E-state index contributed by atoms with van der Waals surface area (Å²) in [5.74, 6) is -3.70. The quantitative estimate of drug-likeness (QED) is 0.352. The van der Waals surface area contributed by atoms with E-state index in [9.17, 15) is 18.7 Å². The van der Waals surface area contributed by atoms with E-state index >= 15 is 0 Å². The number of aliphatic hydroxyl groups is 1. The number of benzene rings is 2. The van der Waals surface area contributed by atoms with Gasteiger partial charge in [-0.1, -0.05) is 6.07 Å². The van der Waals surface area contributed by atoms with Crippen molar-refractivity contribution in [1.82, 2.24) is 19.8 Å². The van der Waals surface area contributed by atoms with Crippen molar-refractivity contribution in [3.8, 4) is 17.0 Å². The van der Waals surface area contributed by atoms with Gasteiger partial charge in [0.05, 0.1) is 38.1 Å². The van der Waals surface area contributed by atoms with E-state index in [-0.39, 0.29) is 24.4 Å². The molecule has 3 aliphatic heterocycles. The number of nitrogens with one attached hydrogen (secondary N) is 1. The molecule has 3 fully saturated rings. The SMILES string of the molecule is [C-]#[N+]c1cc(-c2ccnc(Nc3ccc(N4CCN(C5COC5)CC4)cc3C)n2)ccc1OC1CCN(C(=O)[C@H](C)O)CC1(F)F. The van der Waals surface area contributed by atoms with E-state index < -0.39 is 30.6 Å². The minimum Gasteiger partial charge on any atom is -0.495 e. The molecule has 1 aromatic heterocycles. The Balaban J connectivity index is 1.11. The summed E-state index contributed by atoms with van der Waals surface area (Å²) in [6.45, 7) is 15.8. The Morgan fingerprint density at radius 2 is 1.93 bits per heavy atom. The monoisotopic (exact) mass is 633 g/mol. The molecule has 2 atom stereocenters. The van der Waals surface area contributed by atoms with Gasteiger partial charge in [-0.25, -0.2) is 23.6 Å². The van der Waals surface area contributed by atoms with Crippen molar-refractivity contribution in [2.24, 2.45) is 0 Å². The first-order chi connectivity index (χ1) is 22.1. The molecule has 1 unspecified atom stereocenters. The standard InChI is InChI=1S/C33H37F2N7O4/c1-21-16-24(40-12-14-41(15-13-40)25-18-45-19-25)5-6-26(21)38-32-37-10-8-27(39-32)23-4-7-29(28(17-23)36-3)46-30-9-11-42(20-33(30,34)35)31(44)22(2)43/h4-8,10,16-17,22,25,30,43H,9,11-15,18-20H2,1-2H3,(H,37,38,39)/t22-,30?/m0/s1. The smallest absolute Gasteiger partial charge is 0.301 e. The van der Waals surface area contributed by atoms with Crippen molar-refractivity contribution < 1.29 is 28.2 Å². The van der Waals surface area contributed by atoms with E-state index in [4.69, 9.17) is 16.0 Å². The Kier molecular flexibility index (Phi) is 9.04. The third-order valence-electron chi connectivity index (χ3n) is 8.78. The number of carbonyl (C=O) groups excluding carboxylic acids is 1. The van der Waals surface area contributed by atoms with E-state index in [1.165, 1.54) is 18.7 Å². The van der Waals surface area contributed by atoms with E-state index in [1.807, 2.05) is 13.0 Å². The molecule has 1 amide bonds. The lowest BCUT2D eigenvalue weighted by molar-refractivity contribution is -0.165. The number of aromatic nitrogens is 2. The second-order valence-electron chi connectivity index (χ2n) is 12.0. The summed E-state index contributed by atoms with van der Waals surface area (Å²) < 4.78 is 40.8. The summed E-state index contributed by atoms with van der Waals surface area (Å²) in [4.78, 5) is 30.4. The number of likely N-dealkylation sites (tertiary alicyclic amines) is 1. The van der Waals surface area contributed by atoms with Crippen LogP contribution in [0.1, 0.15) is 18.9 Å². The Hall–Kier alpha value is -4.38. The number of rotatable bonds is 8. The van der Waals surface area contributed by atoms with Crippen LogP contribution in [0.3, 0.4) is 0 Å². The molecule has 3 aromatic rings. The van der Waals surface area contributed by atoms with Crippen LogP contribution in [0.15, 0.2) is 48.7 Å². The van der Waals surface area contributed by atoms with Crippen molar-refractivity contribution in [1.29, 1.82) is 0 Å². The number of piperidine rings is 1. The van der Waals surface area contributed by atoms with E-state index in [1.54, 1.807) is 24.4 Å². The first kappa shape index (κ1) is 31.6. The maximum atomic E-state index is 14.9. The number of hydrogen-bond acceptors (Lipinski definition) is 9. The summed E-state index contributed by atoms with van der Waals surface area (Å²) in [5.41, 5.74) is 4.32. The highest BCUT2D eigenvalue weighted by atomic mass is 19.3. The van der Waals surface area contributed by atoms with Gasteiger partial charge in [0.15, 0.2) is 6.10 Å². The number of nitrogens with zero attached hydrogens (tertiary/aromatic N) is 6. The van der Waals surface area contributed by atoms with Crippen molar-refractivity contribution in [2.75, 3.05) is 62.7 Å². The highest BCUT2D eigenvalue weighted by Gasteiger charge is 2.48. The van der Waals surface area contributed by atoms with Crippen LogP contribution in [0.5, 0.6) is 5.75 Å². The van der Waals surface area contributed by atoms with E-state index in [0.29, 0.717) is 23.2 Å². The summed E-state index contributed by atoms with van der Waals surface area (Å²) >= 11 is 0. The van der Waals surface area contributed by atoms with Crippen LogP contribution in [-0.2, 0) is 9.53 Å². The van der Waals surface area contributed by atoms with Gasteiger partial charge in [0.25, 0.3) is 5.91 Å². The highest BCUT2D eigenvalue weighted by Crippen LogP contribution is 2.38. The summed E-state index contributed by atoms with van der Waals surface area (Å²) in [6.07, 6.45) is -1.40. The number of halogens is 2. The highest BCUT2D eigenvalue weighted by molar-refractivity contribution is 5.80. The van der Waals surface area contributed by atoms with Gasteiger partial charge in [-0.05, 0) is 61.4 Å². The number of amides is 1. The Morgan fingerprint density at radius 1 is 1.15 bits per heavy atom. The minimum atomic E-state index is -3.36. The molecule has 2 aromatic carbocycles. The maximum Gasteiger partial charge on any atom is 0.301 e. The normalized spacial score (nSPS) is 20.8. The molecule has 4 heterocycles. The van der Waals surface area contributed by atoms with Crippen LogP contribution in [0.4, 0.5) is 31.8 Å². The number of aryl methyl sites for hydroxylation is 1. The molecule has 3 saturated heterocycles. The average Bonchev–Trinajstić information content (AvgIpc) is 3.02. The van der Waals surface area contributed by atoms with Gasteiger partial charge in [0.1, 0.15) is 11.9 Å². The molecule has 46 heavy (non-hydrogen) atoms. The molecule has 0 radical (unpaired) electrons. The van der Waals surface area contributed by atoms with Crippen molar-refractivity contribution >= 4 is 28.9 Å². The number of hydrogen-bond donors (Lipinski definition) is 2. The maximum absolute atomic E-state index is 14.9. The second-order valence-corrected chi connectivity index (χ2v) is 12.0. The number of anilines is 3. The molecule has 2 N–H and O–H groups in total. The summed E-state index contributed by atoms with van der Waals surface area (Å²) in [6, 6.07) is 13.3. The summed E-state index contributed by atoms with van der Waals surface area (Å²) in [5, 5.41) is 12.8. The third kappa shape index (κ3) is 6.74. The summed E-state index contributed by atoms with van der Waals surface area (Å²) in [7, 11) is 0. The lowest BCUT2D eigenvalue weighted by Gasteiger charge is -2.43. The van der Waals surface area contributed by atoms with Crippen LogP contribution >= 0.6 is 0 Å². The molecule has 0 spiro atoms. The van der Waals surface area contributed by atoms with Gasteiger partial charge in [-0.3, -0.25) is 9.69 Å². The van der Waals surface area contributed by atoms with Crippen molar-refractivity contribution in [2.45, 2.75) is 44.4 Å². The molecule has 3 aliphatic rings. The lowest BCUT2D eigenvalue weighted by Crippen LogP contribution is -2.56. The van der Waals surface area contributed by atoms with Gasteiger partial charge in [-0.2, -0.15) is 0 Å². The Bertz CT molecular complexity index is 1620. The van der Waals surface area contributed by atoms with Crippen LogP contribution in [0, 0.1) is 13.5 Å². The number of carbonyl (C=O) groups is 1. The molecule has 0 saturated carbocycles. The molecule has 242 valence electrons. The van der Waals surface area contributed by atoms with Crippen LogP contribution < -0.4 is 15.0 Å². The molecule has 0 bridgehead atoms. The van der Waals surface area contributed by atoms with Crippen molar-refractivity contribution in [3.63, 3.8) is 0 Å². The predicted octanol–water partition coefficient (Wildman–Crippen LogP) is 4.26. The zero-order valence-corrected chi connectivity index (χ0v) is 25.8. The largest absolute Gasteiger partial charge is 0.495 e. The molecular formula is C33H37F2N7O4. The topological polar surface area (TPSA) is 108 Å². The molecule has 0 aliphatic carbocycles. The number of aliphatic hydroxyl groups excluding tert-OH is 1. The zero-order valence-electron chi connectivity index (χ0n) is 25.8. The first-order valence-electron chi connectivity index (χ1n) is 15.4.